The Balaban J connectivity index is 2.10. The van der Waals surface area contributed by atoms with Crippen molar-refractivity contribution in [3.05, 3.63) is 42.0 Å². The van der Waals surface area contributed by atoms with Crippen LogP contribution in [0, 0.1) is 0 Å². The Bertz CT molecular complexity index is 470. The monoisotopic (exact) mass is 246 g/mol. The van der Waals surface area contributed by atoms with Crippen molar-refractivity contribution in [3.8, 4) is 5.75 Å². The fraction of sp³-hybridized carbons (Fsp3) is 0.385. The zero-order chi connectivity index (χ0) is 12.8. The van der Waals surface area contributed by atoms with Gasteiger partial charge in [-0.1, -0.05) is 19.1 Å². The van der Waals surface area contributed by atoms with E-state index in [0.29, 0.717) is 5.75 Å². The van der Waals surface area contributed by atoms with Crippen molar-refractivity contribution in [1.29, 1.82) is 0 Å². The first-order valence-corrected chi connectivity index (χ1v) is 6.16. The van der Waals surface area contributed by atoms with Gasteiger partial charge in [-0.25, -0.2) is 4.98 Å². The Kier molecular flexibility index (Phi) is 4.30. The molecule has 0 radical (unpaired) electrons. The minimum absolute atomic E-state index is 0.0919. The Morgan fingerprint density at radius 2 is 2.33 bits per heavy atom. The summed E-state index contributed by atoms with van der Waals surface area (Å²) in [7, 11) is 0. The smallest absolute Gasteiger partial charge is 0.141 e. The van der Waals surface area contributed by atoms with E-state index >= 15 is 0 Å². The van der Waals surface area contributed by atoms with Gasteiger partial charge in [0.1, 0.15) is 17.9 Å². The van der Waals surface area contributed by atoms with Crippen LogP contribution in [0.3, 0.4) is 0 Å². The lowest BCUT2D eigenvalue weighted by Gasteiger charge is -2.16. The van der Waals surface area contributed by atoms with Crippen molar-refractivity contribution in [2.45, 2.75) is 25.8 Å². The fourth-order valence-electron chi connectivity index (χ4n) is 1.89. The van der Waals surface area contributed by atoms with Crippen LogP contribution in [-0.4, -0.2) is 26.8 Å². The van der Waals surface area contributed by atoms with Gasteiger partial charge in [0.15, 0.2) is 0 Å². The Labute approximate surface area is 106 Å². The van der Waals surface area contributed by atoms with E-state index < -0.39 is 0 Å². The van der Waals surface area contributed by atoms with Crippen LogP contribution in [0.5, 0.6) is 5.75 Å². The molecule has 1 unspecified atom stereocenters. The molecular formula is C13H18N4O. The topological polar surface area (TPSA) is 73.8 Å². The lowest BCUT2D eigenvalue weighted by molar-refractivity contribution is 0.471. The normalized spacial score (nSPS) is 12.5. The van der Waals surface area contributed by atoms with E-state index in [1.165, 1.54) is 6.33 Å². The first-order chi connectivity index (χ1) is 8.79. The lowest BCUT2D eigenvalue weighted by atomic mass is 10.0. The highest BCUT2D eigenvalue weighted by molar-refractivity contribution is 5.28. The average molecular weight is 246 g/mol. The summed E-state index contributed by atoms with van der Waals surface area (Å²) in [6, 6.07) is 7.39. The fourth-order valence-corrected chi connectivity index (χ4v) is 1.89. The third-order valence-electron chi connectivity index (χ3n) is 2.75. The summed E-state index contributed by atoms with van der Waals surface area (Å²) in [5, 5.41) is 19.7. The van der Waals surface area contributed by atoms with E-state index in [9.17, 15) is 5.11 Å². The third-order valence-corrected chi connectivity index (χ3v) is 2.75. The summed E-state index contributed by atoms with van der Waals surface area (Å²) in [5.41, 5.74) is 1.07. The van der Waals surface area contributed by atoms with E-state index in [1.54, 1.807) is 12.1 Å². The zero-order valence-corrected chi connectivity index (χ0v) is 10.4. The second kappa shape index (κ2) is 6.16. The van der Waals surface area contributed by atoms with Crippen molar-refractivity contribution in [2.75, 3.05) is 6.54 Å². The highest BCUT2D eigenvalue weighted by Crippen LogP contribution is 2.18. The molecule has 1 aromatic heterocycles. The van der Waals surface area contributed by atoms with Crippen LogP contribution in [0.25, 0.3) is 0 Å². The zero-order valence-electron chi connectivity index (χ0n) is 10.4. The summed E-state index contributed by atoms with van der Waals surface area (Å²) in [4.78, 5) is 4.20. The number of phenolic OH excluding ortho intramolecular Hbond substituents is 1. The largest absolute Gasteiger partial charge is 0.508 e. The molecule has 3 N–H and O–H groups in total. The number of aromatic nitrogens is 3. The number of hydrogen-bond acceptors (Lipinski definition) is 4. The molecule has 0 bridgehead atoms. The van der Waals surface area contributed by atoms with E-state index in [-0.39, 0.29) is 6.04 Å². The number of aromatic amines is 1. The van der Waals surface area contributed by atoms with Gasteiger partial charge in [-0.05, 0) is 37.1 Å². The van der Waals surface area contributed by atoms with E-state index in [2.05, 4.69) is 27.4 Å². The van der Waals surface area contributed by atoms with Crippen LogP contribution in [-0.2, 0) is 6.42 Å². The number of nitrogens with zero attached hydrogens (tertiary/aromatic N) is 2. The minimum atomic E-state index is 0.0919. The first kappa shape index (κ1) is 12.6. The van der Waals surface area contributed by atoms with Gasteiger partial charge in [0, 0.05) is 0 Å². The number of hydrogen-bond donors (Lipinski definition) is 3. The maximum atomic E-state index is 9.48. The van der Waals surface area contributed by atoms with Crippen LogP contribution in [0.2, 0.25) is 0 Å². The second-order valence-electron chi connectivity index (χ2n) is 4.25. The summed E-state index contributed by atoms with van der Waals surface area (Å²) < 4.78 is 0. The number of phenols is 1. The Morgan fingerprint density at radius 1 is 1.44 bits per heavy atom. The molecule has 2 rings (SSSR count). The highest BCUT2D eigenvalue weighted by atomic mass is 16.3. The van der Waals surface area contributed by atoms with Crippen molar-refractivity contribution in [1.82, 2.24) is 20.5 Å². The van der Waals surface area contributed by atoms with Gasteiger partial charge in [-0.2, -0.15) is 5.10 Å². The molecular weight excluding hydrogens is 228 g/mol. The van der Waals surface area contributed by atoms with E-state index in [1.807, 2.05) is 12.1 Å². The summed E-state index contributed by atoms with van der Waals surface area (Å²) in [6.07, 6.45) is 3.34. The number of benzene rings is 1. The van der Waals surface area contributed by atoms with Crippen molar-refractivity contribution in [3.63, 3.8) is 0 Å². The molecule has 0 amide bonds. The summed E-state index contributed by atoms with van der Waals surface area (Å²) in [6.45, 7) is 3.04. The highest BCUT2D eigenvalue weighted by Gasteiger charge is 2.14. The molecule has 2 aromatic rings. The molecule has 0 aliphatic carbocycles. The van der Waals surface area contributed by atoms with Crippen LogP contribution in [0.4, 0.5) is 0 Å². The van der Waals surface area contributed by atoms with Crippen LogP contribution >= 0.6 is 0 Å². The van der Waals surface area contributed by atoms with Gasteiger partial charge in [0.25, 0.3) is 0 Å². The summed E-state index contributed by atoms with van der Waals surface area (Å²) in [5.74, 6) is 1.12. The van der Waals surface area contributed by atoms with Crippen molar-refractivity contribution >= 4 is 0 Å². The molecule has 1 aromatic carbocycles. The number of rotatable bonds is 6. The SMILES string of the molecule is CCCNC(Cc1cccc(O)c1)c1ncn[nH]1. The molecule has 1 heterocycles. The molecule has 18 heavy (non-hydrogen) atoms. The predicted molar refractivity (Wildman–Crippen MR) is 69.2 cm³/mol. The van der Waals surface area contributed by atoms with Gasteiger partial charge >= 0.3 is 0 Å². The molecule has 5 heteroatoms. The van der Waals surface area contributed by atoms with Crippen LogP contribution in [0.1, 0.15) is 30.8 Å². The maximum Gasteiger partial charge on any atom is 0.141 e. The Hall–Kier alpha value is -1.88. The van der Waals surface area contributed by atoms with Gasteiger partial charge in [0.05, 0.1) is 6.04 Å². The molecule has 5 nitrogen and oxygen atoms in total. The molecule has 0 aliphatic heterocycles. The Morgan fingerprint density at radius 3 is 3.00 bits per heavy atom. The maximum absolute atomic E-state index is 9.48. The van der Waals surface area contributed by atoms with Crippen LogP contribution in [0.15, 0.2) is 30.6 Å². The molecule has 0 aliphatic rings. The standard InChI is InChI=1S/C13H18N4O/c1-2-6-14-12(13-15-9-16-17-13)8-10-4-3-5-11(18)7-10/h3-5,7,9,12,14,18H,2,6,8H2,1H3,(H,15,16,17). The van der Waals surface area contributed by atoms with Gasteiger partial charge in [0.2, 0.25) is 0 Å². The molecule has 96 valence electrons. The molecule has 1 atom stereocenters. The quantitative estimate of drug-likeness (QED) is 0.726. The number of aromatic hydroxyl groups is 1. The van der Waals surface area contributed by atoms with E-state index in [0.717, 1.165) is 30.8 Å². The third kappa shape index (κ3) is 3.30. The summed E-state index contributed by atoms with van der Waals surface area (Å²) >= 11 is 0. The predicted octanol–water partition coefficient (Wildman–Crippen LogP) is 1.79. The van der Waals surface area contributed by atoms with Crippen molar-refractivity contribution in [2.24, 2.45) is 0 Å². The lowest BCUT2D eigenvalue weighted by Crippen LogP contribution is -2.25. The molecule has 0 saturated heterocycles. The molecule has 0 fully saturated rings. The van der Waals surface area contributed by atoms with Gasteiger partial charge in [-0.15, -0.1) is 0 Å². The average Bonchev–Trinajstić information content (AvgIpc) is 2.88. The first-order valence-electron chi connectivity index (χ1n) is 6.16. The van der Waals surface area contributed by atoms with Crippen LogP contribution < -0.4 is 5.32 Å². The minimum Gasteiger partial charge on any atom is -0.508 e. The van der Waals surface area contributed by atoms with Gasteiger partial charge in [-0.3, -0.25) is 5.10 Å². The number of H-pyrrole nitrogens is 1. The van der Waals surface area contributed by atoms with E-state index in [4.69, 9.17) is 0 Å². The second-order valence-corrected chi connectivity index (χ2v) is 4.25. The molecule has 0 spiro atoms. The van der Waals surface area contributed by atoms with Crippen molar-refractivity contribution < 1.29 is 5.11 Å². The number of nitrogens with one attached hydrogen (secondary N) is 2. The molecule has 0 saturated carbocycles. The van der Waals surface area contributed by atoms with Gasteiger partial charge < -0.3 is 10.4 Å².